The fourth-order valence-electron chi connectivity index (χ4n) is 1.03. The molecule has 0 spiro atoms. The number of aryl methyl sites for hydroxylation is 1. The fraction of sp³-hybridized carbons (Fsp3) is 0.625. The molecule has 74 valence electrons. The van der Waals surface area contributed by atoms with Crippen molar-refractivity contribution in [2.24, 2.45) is 7.05 Å². The van der Waals surface area contributed by atoms with Gasteiger partial charge in [0, 0.05) is 26.6 Å². The van der Waals surface area contributed by atoms with E-state index < -0.39 is 0 Å². The van der Waals surface area contributed by atoms with Crippen LogP contribution in [0.3, 0.4) is 0 Å². The Morgan fingerprint density at radius 3 is 3.00 bits per heavy atom. The summed E-state index contributed by atoms with van der Waals surface area (Å²) in [4.78, 5) is 4.07. The summed E-state index contributed by atoms with van der Waals surface area (Å²) in [6.07, 6.45) is 3.53. The zero-order valence-corrected chi connectivity index (χ0v) is 7.90. The van der Waals surface area contributed by atoms with Gasteiger partial charge in [0.15, 0.2) is 0 Å². The largest absolute Gasteiger partial charge is 0.394 e. The molecule has 0 radical (unpaired) electrons. The van der Waals surface area contributed by atoms with Crippen molar-refractivity contribution in [2.75, 3.05) is 25.6 Å². The minimum atomic E-state index is -0.105. The number of nitrogens with zero attached hydrogens (tertiary/aromatic N) is 2. The van der Waals surface area contributed by atoms with Gasteiger partial charge in [0.1, 0.15) is 0 Å². The molecule has 13 heavy (non-hydrogen) atoms. The number of rotatable bonds is 5. The van der Waals surface area contributed by atoms with Crippen molar-refractivity contribution in [2.45, 2.75) is 6.04 Å². The Bertz CT molecular complexity index is 249. The van der Waals surface area contributed by atoms with Gasteiger partial charge in [-0.15, -0.1) is 0 Å². The predicted octanol–water partition coefficient (Wildman–Crippen LogP) is -0.161. The highest BCUT2D eigenvalue weighted by atomic mass is 16.5. The van der Waals surface area contributed by atoms with Crippen LogP contribution in [0.4, 0.5) is 5.95 Å². The van der Waals surface area contributed by atoms with E-state index in [0.29, 0.717) is 6.61 Å². The Kier molecular flexibility index (Phi) is 3.72. The van der Waals surface area contributed by atoms with E-state index in [0.717, 1.165) is 5.95 Å². The summed E-state index contributed by atoms with van der Waals surface area (Å²) in [5.74, 6) is 0.733. The zero-order chi connectivity index (χ0) is 9.68. The van der Waals surface area contributed by atoms with Crippen molar-refractivity contribution in [3.63, 3.8) is 0 Å². The number of methoxy groups -OCH3 is 1. The lowest BCUT2D eigenvalue weighted by atomic mass is 10.3. The minimum Gasteiger partial charge on any atom is -0.394 e. The summed E-state index contributed by atoms with van der Waals surface area (Å²) in [7, 11) is 3.49. The molecule has 1 heterocycles. The highest BCUT2D eigenvalue weighted by molar-refractivity contribution is 5.27. The second-order valence-electron chi connectivity index (χ2n) is 2.84. The molecule has 0 aliphatic rings. The van der Waals surface area contributed by atoms with Crippen LogP contribution < -0.4 is 5.32 Å². The van der Waals surface area contributed by atoms with Crippen LogP contribution in [0, 0.1) is 0 Å². The first-order valence-electron chi connectivity index (χ1n) is 4.11. The maximum absolute atomic E-state index is 8.97. The molecule has 0 bridgehead atoms. The molecule has 1 aromatic heterocycles. The van der Waals surface area contributed by atoms with E-state index in [-0.39, 0.29) is 12.6 Å². The van der Waals surface area contributed by atoms with Crippen LogP contribution >= 0.6 is 0 Å². The lowest BCUT2D eigenvalue weighted by Gasteiger charge is -2.15. The maximum atomic E-state index is 8.97. The Morgan fingerprint density at radius 1 is 1.77 bits per heavy atom. The first-order valence-corrected chi connectivity index (χ1v) is 4.11. The third kappa shape index (κ3) is 2.71. The summed E-state index contributed by atoms with van der Waals surface area (Å²) in [5.41, 5.74) is 0. The first kappa shape index (κ1) is 10.0. The van der Waals surface area contributed by atoms with Crippen molar-refractivity contribution in [3.05, 3.63) is 12.4 Å². The minimum absolute atomic E-state index is 0.0285. The monoisotopic (exact) mass is 185 g/mol. The number of hydrogen-bond acceptors (Lipinski definition) is 4. The van der Waals surface area contributed by atoms with Crippen LogP contribution in [0.25, 0.3) is 0 Å². The van der Waals surface area contributed by atoms with Gasteiger partial charge in [0.05, 0.1) is 19.3 Å². The highest BCUT2D eigenvalue weighted by Gasteiger charge is 2.08. The number of aliphatic hydroxyl groups is 1. The Balaban J connectivity index is 2.51. The molecule has 5 nitrogen and oxygen atoms in total. The van der Waals surface area contributed by atoms with E-state index in [1.165, 1.54) is 0 Å². The molecule has 1 unspecified atom stereocenters. The van der Waals surface area contributed by atoms with Gasteiger partial charge in [-0.1, -0.05) is 0 Å². The highest BCUT2D eigenvalue weighted by Crippen LogP contribution is 2.03. The number of hydrogen-bond donors (Lipinski definition) is 2. The Hall–Kier alpha value is -1.07. The van der Waals surface area contributed by atoms with Gasteiger partial charge >= 0.3 is 0 Å². The van der Waals surface area contributed by atoms with Crippen molar-refractivity contribution in [1.82, 2.24) is 9.55 Å². The zero-order valence-electron chi connectivity index (χ0n) is 7.90. The predicted molar refractivity (Wildman–Crippen MR) is 49.6 cm³/mol. The van der Waals surface area contributed by atoms with Crippen LogP contribution in [-0.2, 0) is 11.8 Å². The molecular weight excluding hydrogens is 170 g/mol. The van der Waals surface area contributed by atoms with E-state index in [2.05, 4.69) is 10.3 Å². The third-order valence-electron chi connectivity index (χ3n) is 1.74. The molecule has 1 rings (SSSR count). The molecule has 0 saturated heterocycles. The summed E-state index contributed by atoms with van der Waals surface area (Å²) < 4.78 is 6.77. The second kappa shape index (κ2) is 4.84. The summed E-state index contributed by atoms with van der Waals surface area (Å²) in [5, 5.41) is 12.0. The van der Waals surface area contributed by atoms with Crippen LogP contribution in [0.5, 0.6) is 0 Å². The van der Waals surface area contributed by atoms with Crippen molar-refractivity contribution >= 4 is 5.95 Å². The number of aliphatic hydroxyl groups excluding tert-OH is 1. The van der Waals surface area contributed by atoms with E-state index >= 15 is 0 Å². The maximum Gasteiger partial charge on any atom is 0.202 e. The van der Waals surface area contributed by atoms with Gasteiger partial charge in [0.25, 0.3) is 0 Å². The van der Waals surface area contributed by atoms with Gasteiger partial charge < -0.3 is 19.7 Å². The van der Waals surface area contributed by atoms with Gasteiger partial charge in [-0.2, -0.15) is 0 Å². The molecule has 5 heteroatoms. The van der Waals surface area contributed by atoms with Crippen molar-refractivity contribution in [1.29, 1.82) is 0 Å². The van der Waals surface area contributed by atoms with Gasteiger partial charge in [0.2, 0.25) is 5.95 Å². The fourth-order valence-corrected chi connectivity index (χ4v) is 1.03. The lowest BCUT2D eigenvalue weighted by Crippen LogP contribution is -2.29. The summed E-state index contributed by atoms with van der Waals surface area (Å²) in [6, 6.07) is -0.105. The number of anilines is 1. The molecule has 1 aromatic rings. The first-order chi connectivity index (χ1) is 6.27. The quantitative estimate of drug-likeness (QED) is 0.669. The third-order valence-corrected chi connectivity index (χ3v) is 1.74. The molecular formula is C8H15N3O2. The Morgan fingerprint density at radius 2 is 2.54 bits per heavy atom. The number of imidazole rings is 1. The summed E-state index contributed by atoms with van der Waals surface area (Å²) in [6.45, 7) is 0.490. The number of aromatic nitrogens is 2. The second-order valence-corrected chi connectivity index (χ2v) is 2.84. The average molecular weight is 185 g/mol. The van der Waals surface area contributed by atoms with Crippen LogP contribution in [-0.4, -0.2) is 41.0 Å². The van der Waals surface area contributed by atoms with Gasteiger partial charge in [-0.25, -0.2) is 4.98 Å². The number of ether oxygens (including phenoxy) is 1. The van der Waals surface area contributed by atoms with Gasteiger partial charge in [-0.05, 0) is 0 Å². The van der Waals surface area contributed by atoms with Crippen molar-refractivity contribution in [3.8, 4) is 0 Å². The smallest absolute Gasteiger partial charge is 0.202 e. The average Bonchev–Trinajstić information content (AvgIpc) is 2.51. The summed E-state index contributed by atoms with van der Waals surface area (Å²) >= 11 is 0. The topological polar surface area (TPSA) is 59.3 Å². The lowest BCUT2D eigenvalue weighted by molar-refractivity contribution is 0.153. The molecule has 0 aromatic carbocycles. The molecule has 2 N–H and O–H groups in total. The molecule has 0 amide bonds. The standard InChI is InChI=1S/C8H15N3O2/c1-11-4-3-9-8(11)10-7(5-12)6-13-2/h3-4,7,12H,5-6H2,1-2H3,(H,9,10). The molecule has 1 atom stereocenters. The van der Waals surface area contributed by atoms with Crippen LogP contribution in [0.2, 0.25) is 0 Å². The molecule has 0 fully saturated rings. The Labute approximate surface area is 77.4 Å². The van der Waals surface area contributed by atoms with E-state index in [9.17, 15) is 0 Å². The van der Waals surface area contributed by atoms with E-state index in [4.69, 9.17) is 9.84 Å². The number of nitrogens with one attached hydrogen (secondary N) is 1. The van der Waals surface area contributed by atoms with E-state index in [1.54, 1.807) is 13.3 Å². The molecule has 0 aliphatic heterocycles. The van der Waals surface area contributed by atoms with Crippen LogP contribution in [0.15, 0.2) is 12.4 Å². The molecule has 0 saturated carbocycles. The van der Waals surface area contributed by atoms with E-state index in [1.807, 2.05) is 17.8 Å². The normalized spacial score (nSPS) is 12.8. The SMILES string of the molecule is COCC(CO)Nc1nccn1C. The molecule has 0 aliphatic carbocycles. The van der Waals surface area contributed by atoms with Crippen LogP contribution in [0.1, 0.15) is 0 Å². The van der Waals surface area contributed by atoms with Gasteiger partial charge in [-0.3, -0.25) is 0 Å². The van der Waals surface area contributed by atoms with Crippen molar-refractivity contribution < 1.29 is 9.84 Å².